The predicted octanol–water partition coefficient (Wildman–Crippen LogP) is -3.01. The van der Waals surface area contributed by atoms with Crippen molar-refractivity contribution in [1.82, 2.24) is 0 Å². The number of hydrogen-bond donors (Lipinski definition) is 0. The van der Waals surface area contributed by atoms with E-state index in [-0.39, 0.29) is 24.8 Å². The van der Waals surface area contributed by atoms with Crippen LogP contribution in [-0.4, -0.2) is 23.0 Å². The van der Waals surface area contributed by atoms with E-state index in [9.17, 15) is 0 Å². The fourth-order valence-corrected chi connectivity index (χ4v) is 7.27. The molecular weight excluding hydrogens is 439 g/mol. The maximum absolute atomic E-state index is 2.44. The van der Waals surface area contributed by atoms with Crippen LogP contribution >= 0.6 is 0 Å². The average molecular weight is 467 g/mol. The summed E-state index contributed by atoms with van der Waals surface area (Å²) >= 11 is 1.58. The van der Waals surface area contributed by atoms with Gasteiger partial charge < -0.3 is 24.8 Å². The third kappa shape index (κ3) is 10.6. The topological polar surface area (TPSA) is 0 Å². The Labute approximate surface area is 168 Å². The van der Waals surface area contributed by atoms with Crippen molar-refractivity contribution >= 4 is 33.4 Å². The minimum absolute atomic E-state index is 0. The van der Waals surface area contributed by atoms with E-state index in [1.807, 2.05) is 37.2 Å². The molecule has 0 amide bonds. The van der Waals surface area contributed by atoms with Gasteiger partial charge in [-0.05, 0) is 0 Å². The van der Waals surface area contributed by atoms with Crippen LogP contribution in [0.15, 0.2) is 48.5 Å². The molecule has 0 saturated heterocycles. The molecule has 2 rings (SSSR count). The second-order valence-electron chi connectivity index (χ2n) is 6.82. The molecule has 0 atom stereocenters. The molecule has 6 heteroatoms. The zero-order valence-electron chi connectivity index (χ0n) is 14.6. The SMILES string of the molecule is C[Si](C)(C)c1ccc[c-]1[Si](C)(C)C.[Cl-].[Cl-].[SiH2]=[Zr+2].c1cc[cH-]c1. The van der Waals surface area contributed by atoms with E-state index >= 15 is 0 Å². The van der Waals surface area contributed by atoms with Gasteiger partial charge in [-0.3, -0.25) is 0 Å². The maximum atomic E-state index is 2.44. The molecule has 0 unspecified atom stereocenters. The third-order valence-corrected chi connectivity index (χ3v) is 7.34. The molecule has 22 heavy (non-hydrogen) atoms. The Morgan fingerprint density at radius 1 is 0.909 bits per heavy atom. The molecule has 0 aliphatic carbocycles. The summed E-state index contributed by atoms with van der Waals surface area (Å²) in [6.07, 6.45) is 0. The Bertz CT molecular complexity index is 423. The zero-order chi connectivity index (χ0) is 15.8. The summed E-state index contributed by atoms with van der Waals surface area (Å²) in [5.74, 6) is 0. The molecule has 2 aromatic carbocycles. The summed E-state index contributed by atoms with van der Waals surface area (Å²) in [5, 5.41) is 3.37. The van der Waals surface area contributed by atoms with Gasteiger partial charge >= 0.3 is 30.2 Å². The van der Waals surface area contributed by atoms with E-state index in [0.29, 0.717) is 0 Å². The largest absolute Gasteiger partial charge is 0.214 e. The van der Waals surface area contributed by atoms with Gasteiger partial charge in [-0.15, -0.1) is 0 Å². The van der Waals surface area contributed by atoms with Gasteiger partial charge in [0.1, 0.15) is 0 Å². The molecule has 124 valence electrons. The smallest absolute Gasteiger partial charge is 0.172 e. The van der Waals surface area contributed by atoms with E-state index in [2.05, 4.69) is 57.5 Å². The van der Waals surface area contributed by atoms with E-state index in [1.165, 1.54) is 0 Å². The van der Waals surface area contributed by atoms with Gasteiger partial charge in [-0.25, -0.2) is 24.3 Å². The van der Waals surface area contributed by atoms with Gasteiger partial charge in [0.2, 0.25) is 0 Å². The van der Waals surface area contributed by atoms with Crippen LogP contribution in [0.1, 0.15) is 0 Å². The van der Waals surface area contributed by atoms with E-state index < -0.39 is 16.1 Å². The first-order valence-corrected chi connectivity index (χ1v) is 19.9. The number of hydrogen-bond acceptors (Lipinski definition) is 0. The second-order valence-corrected chi connectivity index (χ2v) is 16.9. The minimum Gasteiger partial charge on any atom is -0.214 e. The zero-order valence-corrected chi connectivity index (χ0v) is 22.0. The van der Waals surface area contributed by atoms with Crippen LogP contribution in [0.3, 0.4) is 0 Å². The van der Waals surface area contributed by atoms with Crippen LogP contribution in [0.4, 0.5) is 0 Å². The van der Waals surface area contributed by atoms with Crippen LogP contribution in [0.5, 0.6) is 0 Å². The normalized spacial score (nSPS) is 10.0. The summed E-state index contributed by atoms with van der Waals surface area (Å²) in [7, 11) is -2.20. The number of rotatable bonds is 2. The first-order chi connectivity index (χ1) is 9.23. The Hall–Kier alpha value is 0.814. The van der Waals surface area contributed by atoms with Crippen molar-refractivity contribution in [1.29, 1.82) is 0 Å². The Morgan fingerprint density at radius 3 is 1.59 bits per heavy atom. The second kappa shape index (κ2) is 13.1. The summed E-state index contributed by atoms with van der Waals surface area (Å²) in [6.45, 7) is 16.6. The number of halogens is 2. The molecule has 0 fully saturated rings. The molecular formula is C16H28Cl2Si3Zr-2. The van der Waals surface area contributed by atoms with Crippen LogP contribution in [-0.2, 0) is 23.3 Å². The summed E-state index contributed by atoms with van der Waals surface area (Å²) in [5.41, 5.74) is 0. The summed E-state index contributed by atoms with van der Waals surface area (Å²) < 4.78 is 0. The van der Waals surface area contributed by atoms with Crippen molar-refractivity contribution in [2.75, 3.05) is 0 Å². The van der Waals surface area contributed by atoms with Crippen molar-refractivity contribution < 1.29 is 48.1 Å². The fourth-order valence-electron chi connectivity index (χ4n) is 2.05. The van der Waals surface area contributed by atoms with E-state index in [4.69, 9.17) is 0 Å². The molecule has 0 radical (unpaired) electrons. The van der Waals surface area contributed by atoms with Crippen molar-refractivity contribution in [3.8, 4) is 0 Å². The van der Waals surface area contributed by atoms with Crippen LogP contribution < -0.4 is 35.2 Å². The third-order valence-electron chi connectivity index (χ3n) is 2.99. The van der Waals surface area contributed by atoms with Gasteiger partial charge in [0.05, 0.1) is 8.07 Å². The summed E-state index contributed by atoms with van der Waals surface area (Å²) in [6, 6.07) is 16.9. The molecule has 0 N–H and O–H groups in total. The first-order valence-electron chi connectivity index (χ1n) is 7.01. The first kappa shape index (κ1) is 27.7. The van der Waals surface area contributed by atoms with Gasteiger partial charge in [-0.2, -0.15) is 34.6 Å². The Kier molecular flexibility index (Phi) is 16.5. The van der Waals surface area contributed by atoms with Gasteiger partial charge in [0.15, 0.2) is 0 Å². The van der Waals surface area contributed by atoms with Crippen molar-refractivity contribution in [3.05, 3.63) is 48.5 Å². The standard InChI is InChI=1S/C11H21Si2.C5H5.2ClH.H2Si.Zr/c1-12(2,3)10-8-7-9-11(10)13(4,5)6;1-2-4-5-3-1;;;;/h7-9H,1-6H3;1-5H;2*1H;1H2;/q2*-1;;;;+2/p-2. The molecule has 0 aromatic heterocycles. The van der Waals surface area contributed by atoms with Crippen molar-refractivity contribution in [2.24, 2.45) is 0 Å². The van der Waals surface area contributed by atoms with E-state index in [1.54, 1.807) is 33.7 Å². The molecule has 0 aliphatic rings. The molecule has 0 aliphatic heterocycles. The van der Waals surface area contributed by atoms with Gasteiger partial charge in [-0.1, -0.05) is 39.3 Å². The van der Waals surface area contributed by atoms with Crippen molar-refractivity contribution in [2.45, 2.75) is 39.3 Å². The Balaban J connectivity index is -0.000000340. The summed E-state index contributed by atoms with van der Waals surface area (Å²) in [4.78, 5) is 0. The fraction of sp³-hybridized carbons (Fsp3) is 0.375. The Morgan fingerprint density at radius 2 is 1.36 bits per heavy atom. The predicted molar refractivity (Wildman–Crippen MR) is 98.6 cm³/mol. The van der Waals surface area contributed by atoms with Crippen LogP contribution in [0.2, 0.25) is 39.3 Å². The molecule has 0 saturated carbocycles. The molecule has 2 aromatic rings. The monoisotopic (exact) mass is 464 g/mol. The van der Waals surface area contributed by atoms with Gasteiger partial charge in [0, 0.05) is 8.07 Å². The minimum atomic E-state index is -1.10. The molecule has 0 heterocycles. The van der Waals surface area contributed by atoms with Gasteiger partial charge in [0.25, 0.3) is 0 Å². The molecule has 0 spiro atoms. The average Bonchev–Trinajstić information content (AvgIpc) is 3.04. The van der Waals surface area contributed by atoms with Crippen molar-refractivity contribution in [3.63, 3.8) is 0 Å². The van der Waals surface area contributed by atoms with Crippen LogP contribution in [0.25, 0.3) is 0 Å². The van der Waals surface area contributed by atoms with E-state index in [0.717, 1.165) is 0 Å². The molecule has 0 bridgehead atoms. The molecule has 0 nitrogen and oxygen atoms in total. The quantitative estimate of drug-likeness (QED) is 0.327. The van der Waals surface area contributed by atoms with Crippen LogP contribution in [0, 0.1) is 0 Å². The maximum Gasteiger partial charge on any atom is -0.172 e.